The predicted octanol–water partition coefficient (Wildman–Crippen LogP) is 5.73. The van der Waals surface area contributed by atoms with E-state index < -0.39 is 17.4 Å². The molecule has 7 nitrogen and oxygen atoms in total. The Morgan fingerprint density at radius 1 is 1.12 bits per heavy atom. The zero-order valence-corrected chi connectivity index (χ0v) is 25.2. The third-order valence-corrected chi connectivity index (χ3v) is 6.93. The SMILES string of the molecule is CC.CC1CCCC2(C1)N=C(c1cccc(C(F)(F)F)c1)C(=O)N2CCc1ccc(C=O)cc1.CNCCC=O.CO. The molecule has 232 valence electrons. The molecule has 2 aromatic rings. The van der Waals surface area contributed by atoms with Crippen LogP contribution in [-0.4, -0.2) is 67.1 Å². The number of hydrogen-bond acceptors (Lipinski definition) is 6. The number of aldehydes is 2. The highest BCUT2D eigenvalue weighted by molar-refractivity contribution is 6.46. The maximum Gasteiger partial charge on any atom is 0.416 e. The maximum atomic E-state index is 13.4. The van der Waals surface area contributed by atoms with Crippen LogP contribution in [0, 0.1) is 5.92 Å². The number of halogens is 3. The van der Waals surface area contributed by atoms with Gasteiger partial charge in [0.15, 0.2) is 0 Å². The second kappa shape index (κ2) is 18.2. The quantitative estimate of drug-likeness (QED) is 0.302. The molecule has 1 aliphatic carbocycles. The average Bonchev–Trinajstić information content (AvgIpc) is 3.26. The van der Waals surface area contributed by atoms with Crippen molar-refractivity contribution < 1.29 is 32.7 Å². The molecule has 1 fully saturated rings. The van der Waals surface area contributed by atoms with E-state index in [9.17, 15) is 27.6 Å². The van der Waals surface area contributed by atoms with Gasteiger partial charge in [0.1, 0.15) is 23.9 Å². The maximum absolute atomic E-state index is 13.4. The Bertz CT molecular complexity index is 1150. The normalized spacial score (nSPS) is 19.4. The Hall–Kier alpha value is -3.37. The largest absolute Gasteiger partial charge is 0.416 e. The molecule has 2 unspecified atom stereocenters. The summed E-state index contributed by atoms with van der Waals surface area (Å²) in [6.07, 6.45) is 1.76. The highest BCUT2D eigenvalue weighted by atomic mass is 19.4. The molecule has 1 amide bonds. The number of nitrogens with zero attached hydrogens (tertiary/aromatic N) is 2. The van der Waals surface area contributed by atoms with Crippen LogP contribution in [0.3, 0.4) is 0 Å². The molecule has 10 heteroatoms. The summed E-state index contributed by atoms with van der Waals surface area (Å²) in [5, 5.41) is 9.84. The molecule has 2 N–H and O–H groups in total. The first-order valence-corrected chi connectivity index (χ1v) is 14.3. The Morgan fingerprint density at radius 3 is 2.31 bits per heavy atom. The van der Waals surface area contributed by atoms with Gasteiger partial charge >= 0.3 is 6.18 Å². The lowest BCUT2D eigenvalue weighted by molar-refractivity contribution is -0.137. The van der Waals surface area contributed by atoms with E-state index in [-0.39, 0.29) is 17.2 Å². The highest BCUT2D eigenvalue weighted by Crippen LogP contribution is 2.42. The minimum atomic E-state index is -4.48. The molecule has 4 rings (SSSR count). The summed E-state index contributed by atoms with van der Waals surface area (Å²) in [5.41, 5.74) is 0.391. The summed E-state index contributed by atoms with van der Waals surface area (Å²) >= 11 is 0. The van der Waals surface area contributed by atoms with Gasteiger partial charge in [-0.15, -0.1) is 0 Å². The van der Waals surface area contributed by atoms with Gasteiger partial charge in [-0.25, -0.2) is 0 Å². The molecule has 1 heterocycles. The second-order valence-electron chi connectivity index (χ2n) is 9.85. The molecule has 0 radical (unpaired) electrons. The first-order valence-electron chi connectivity index (χ1n) is 14.3. The van der Waals surface area contributed by atoms with Crippen LogP contribution in [0.5, 0.6) is 0 Å². The van der Waals surface area contributed by atoms with E-state index in [1.165, 1.54) is 12.1 Å². The highest BCUT2D eigenvalue weighted by Gasteiger charge is 2.48. The van der Waals surface area contributed by atoms with E-state index in [1.54, 1.807) is 17.0 Å². The van der Waals surface area contributed by atoms with Gasteiger partial charge in [0.25, 0.3) is 5.91 Å². The Morgan fingerprint density at radius 2 is 1.79 bits per heavy atom. The van der Waals surface area contributed by atoms with Crippen LogP contribution < -0.4 is 5.32 Å². The standard InChI is InChI=1S/C25H25F3N2O2.C4H9NO.C2H6.CH4O/c1-17-4-3-12-24(15-17)29-22(20-5-2-6-21(14-20)25(26,27)28)23(32)30(24)13-11-18-7-9-19(16-31)10-8-18;1-5-3-2-4-6;2*1-2/h2,5-10,14,16-17H,3-4,11-13,15H2,1H3;4-5H,2-3H2,1H3;1-2H3;2H,1H3. The van der Waals surface area contributed by atoms with Crippen LogP contribution in [0.2, 0.25) is 0 Å². The molecule has 1 spiro atoms. The van der Waals surface area contributed by atoms with Crippen molar-refractivity contribution in [2.75, 3.05) is 27.2 Å². The molecular weight excluding hydrogens is 547 g/mol. The van der Waals surface area contributed by atoms with Gasteiger partial charge in [-0.2, -0.15) is 13.2 Å². The molecule has 2 atom stereocenters. The number of amides is 1. The number of aliphatic hydroxyl groups is 1. The lowest BCUT2D eigenvalue weighted by Gasteiger charge is -2.41. The monoisotopic (exact) mass is 591 g/mol. The molecule has 2 aromatic carbocycles. The fourth-order valence-corrected chi connectivity index (χ4v) is 5.02. The van der Waals surface area contributed by atoms with Crippen LogP contribution in [0.1, 0.15) is 79.9 Å². The van der Waals surface area contributed by atoms with Crippen LogP contribution in [0.4, 0.5) is 13.2 Å². The van der Waals surface area contributed by atoms with Gasteiger partial charge in [0.2, 0.25) is 0 Å². The molecular formula is C32H44F3N3O4. The van der Waals surface area contributed by atoms with E-state index in [0.29, 0.717) is 43.7 Å². The third kappa shape index (κ3) is 10.2. The van der Waals surface area contributed by atoms with Crippen molar-refractivity contribution in [3.05, 3.63) is 70.8 Å². The number of aliphatic hydroxyl groups excluding tert-OH is 1. The Kier molecular flexibility index (Phi) is 15.9. The van der Waals surface area contributed by atoms with Gasteiger partial charge in [-0.1, -0.05) is 63.6 Å². The van der Waals surface area contributed by atoms with Crippen molar-refractivity contribution in [1.82, 2.24) is 10.2 Å². The van der Waals surface area contributed by atoms with E-state index in [1.807, 2.05) is 33.0 Å². The van der Waals surface area contributed by atoms with Crippen molar-refractivity contribution in [1.29, 1.82) is 0 Å². The molecule has 0 saturated heterocycles. The number of benzene rings is 2. The predicted molar refractivity (Wildman–Crippen MR) is 160 cm³/mol. The van der Waals surface area contributed by atoms with Gasteiger partial charge < -0.3 is 20.1 Å². The van der Waals surface area contributed by atoms with Crippen LogP contribution in [-0.2, 0) is 22.2 Å². The minimum absolute atomic E-state index is 0.113. The number of carbonyl (C=O) groups is 3. The van der Waals surface area contributed by atoms with Crippen LogP contribution >= 0.6 is 0 Å². The zero-order chi connectivity index (χ0) is 31.8. The summed E-state index contributed by atoms with van der Waals surface area (Å²) in [7, 11) is 2.82. The molecule has 1 saturated carbocycles. The summed E-state index contributed by atoms with van der Waals surface area (Å²) in [4.78, 5) is 40.4. The van der Waals surface area contributed by atoms with Gasteiger partial charge in [0, 0.05) is 37.7 Å². The lowest BCUT2D eigenvalue weighted by Crippen LogP contribution is -2.50. The Labute approximate surface area is 247 Å². The molecule has 0 bridgehead atoms. The topological polar surface area (TPSA) is 99.1 Å². The van der Waals surface area contributed by atoms with Crippen LogP contribution in [0.15, 0.2) is 53.5 Å². The van der Waals surface area contributed by atoms with Gasteiger partial charge in [-0.05, 0) is 56.3 Å². The number of hydrogen-bond donors (Lipinski definition) is 2. The first kappa shape index (κ1) is 36.7. The first-order chi connectivity index (χ1) is 20.1. The number of alkyl halides is 3. The van der Waals surface area contributed by atoms with Crippen molar-refractivity contribution >= 4 is 24.2 Å². The molecule has 0 aromatic heterocycles. The van der Waals surface area contributed by atoms with Crippen molar-refractivity contribution in [2.24, 2.45) is 10.9 Å². The zero-order valence-electron chi connectivity index (χ0n) is 25.2. The van der Waals surface area contributed by atoms with Crippen molar-refractivity contribution in [3.8, 4) is 0 Å². The average molecular weight is 592 g/mol. The fraction of sp³-hybridized carbons (Fsp3) is 0.500. The van der Waals surface area contributed by atoms with Crippen molar-refractivity contribution in [3.63, 3.8) is 0 Å². The van der Waals surface area contributed by atoms with Gasteiger partial charge in [0.05, 0.1) is 5.56 Å². The molecule has 1 aliphatic heterocycles. The van der Waals surface area contributed by atoms with E-state index >= 15 is 0 Å². The van der Waals surface area contributed by atoms with Crippen molar-refractivity contribution in [2.45, 2.75) is 71.1 Å². The summed E-state index contributed by atoms with van der Waals surface area (Å²) in [5.74, 6) is 0.0541. The van der Waals surface area contributed by atoms with E-state index in [2.05, 4.69) is 12.2 Å². The number of aliphatic imine (C=N–C) groups is 1. The third-order valence-electron chi connectivity index (χ3n) is 6.93. The fourth-order valence-electron chi connectivity index (χ4n) is 5.02. The van der Waals surface area contributed by atoms with E-state index in [4.69, 9.17) is 10.1 Å². The smallest absolute Gasteiger partial charge is 0.400 e. The summed E-state index contributed by atoms with van der Waals surface area (Å²) in [6.45, 7) is 7.33. The summed E-state index contributed by atoms with van der Waals surface area (Å²) < 4.78 is 39.7. The second-order valence-corrected chi connectivity index (χ2v) is 9.85. The van der Waals surface area contributed by atoms with Gasteiger partial charge in [-0.3, -0.25) is 14.6 Å². The Balaban J connectivity index is 0.000000775. The minimum Gasteiger partial charge on any atom is -0.400 e. The molecule has 2 aliphatic rings. The number of rotatable bonds is 8. The van der Waals surface area contributed by atoms with Crippen LogP contribution in [0.25, 0.3) is 0 Å². The summed E-state index contributed by atoms with van der Waals surface area (Å²) in [6, 6.07) is 12.0. The molecule has 42 heavy (non-hydrogen) atoms. The number of nitrogens with one attached hydrogen (secondary N) is 1. The van der Waals surface area contributed by atoms with E-state index in [0.717, 1.165) is 56.8 Å². The number of carbonyl (C=O) groups excluding carboxylic acids is 3. The lowest BCUT2D eigenvalue weighted by atomic mass is 9.81.